The molecule has 2 aromatic rings. The maximum Gasteiger partial charge on any atom is -0.00679 e. The molecule has 0 saturated carbocycles. The van der Waals surface area contributed by atoms with E-state index in [1.807, 2.05) is 11.8 Å². The highest BCUT2D eigenvalue weighted by atomic mass is 32.2. The first-order valence-electron chi connectivity index (χ1n) is 16.2. The predicted molar refractivity (Wildman–Crippen MR) is 192 cm³/mol. The first kappa shape index (κ1) is 43.2. The smallest absolute Gasteiger partial charge is 0.00679 e. The van der Waals surface area contributed by atoms with Gasteiger partial charge in [-0.25, -0.2) is 0 Å². The van der Waals surface area contributed by atoms with Gasteiger partial charge in [0.15, 0.2) is 0 Å². The molecule has 0 unspecified atom stereocenters. The molecular formula is C39H72S. The van der Waals surface area contributed by atoms with E-state index in [2.05, 4.69) is 164 Å². The second-order valence-corrected chi connectivity index (χ2v) is 14.8. The summed E-state index contributed by atoms with van der Waals surface area (Å²) in [5.74, 6) is 7.18. The van der Waals surface area contributed by atoms with E-state index in [1.54, 1.807) is 0 Å². The van der Waals surface area contributed by atoms with Crippen molar-refractivity contribution in [3.05, 3.63) is 71.8 Å². The molecule has 0 bridgehead atoms. The quantitative estimate of drug-likeness (QED) is 0.273. The molecular weight excluding hydrogens is 500 g/mol. The Morgan fingerprint density at radius 1 is 0.450 bits per heavy atom. The van der Waals surface area contributed by atoms with Crippen LogP contribution in [0.5, 0.6) is 0 Å². The summed E-state index contributed by atoms with van der Waals surface area (Å²) in [7, 11) is 0. The molecule has 0 spiro atoms. The second-order valence-electron chi connectivity index (χ2n) is 13.9. The van der Waals surface area contributed by atoms with Gasteiger partial charge in [-0.3, -0.25) is 0 Å². The van der Waals surface area contributed by atoms with Crippen molar-refractivity contribution in [1.82, 2.24) is 0 Å². The molecule has 2 aromatic carbocycles. The minimum atomic E-state index is 0.766. The Labute approximate surface area is 258 Å². The number of hydrogen-bond acceptors (Lipinski definition) is 1. The van der Waals surface area contributed by atoms with Crippen LogP contribution in [0.3, 0.4) is 0 Å². The molecule has 0 radical (unpaired) electrons. The Kier molecular flexibility index (Phi) is 31.7. The zero-order chi connectivity index (χ0) is 31.5. The standard InChI is InChI=1S/2C10H14.C7H16.C6H14S.C6H14/c2*1-9(2)8-10-6-4-3-5-7-10;1-6(2)5-7(3)4;1-6(2)4-5-7-3;1-5(2)6(3)4/h2*3-7,9H,8H2,1-2H3;6-7H,5H2,1-4H3;6H,4-5H2,1-3H3;5-6H,1-4H3. The Hall–Kier alpha value is -1.21. The maximum absolute atomic E-state index is 2.26. The van der Waals surface area contributed by atoms with Crippen molar-refractivity contribution in [2.24, 2.45) is 41.4 Å². The van der Waals surface area contributed by atoms with E-state index in [1.165, 1.54) is 42.6 Å². The summed E-state index contributed by atoms with van der Waals surface area (Å²) >= 11 is 1.93. The lowest BCUT2D eigenvalue weighted by Gasteiger charge is -2.05. The molecule has 1 heteroatoms. The largest absolute Gasteiger partial charge is 0.165 e. The van der Waals surface area contributed by atoms with E-state index >= 15 is 0 Å². The highest BCUT2D eigenvalue weighted by Crippen LogP contribution is 2.09. The molecule has 0 aliphatic carbocycles. The molecule has 234 valence electrons. The summed E-state index contributed by atoms with van der Waals surface area (Å²) in [5.41, 5.74) is 2.88. The molecule has 0 atom stereocenters. The second kappa shape index (κ2) is 29.3. The summed E-state index contributed by atoms with van der Waals surface area (Å²) in [5, 5.41) is 0. The summed E-state index contributed by atoms with van der Waals surface area (Å²) in [6.07, 6.45) is 7.27. The lowest BCUT2D eigenvalue weighted by atomic mass is 10.0. The molecule has 0 saturated heterocycles. The zero-order valence-electron chi connectivity index (χ0n) is 29.8. The average molecular weight is 573 g/mol. The molecule has 0 aliphatic heterocycles. The van der Waals surface area contributed by atoms with Crippen LogP contribution in [0, 0.1) is 41.4 Å². The van der Waals surface area contributed by atoms with Gasteiger partial charge in [-0.15, -0.1) is 0 Å². The van der Waals surface area contributed by atoms with Gasteiger partial charge < -0.3 is 0 Å². The minimum Gasteiger partial charge on any atom is -0.165 e. The van der Waals surface area contributed by atoms with Crippen LogP contribution in [0.25, 0.3) is 0 Å². The van der Waals surface area contributed by atoms with E-state index in [-0.39, 0.29) is 0 Å². The van der Waals surface area contributed by atoms with Crippen LogP contribution >= 0.6 is 11.8 Å². The molecule has 0 amide bonds. The van der Waals surface area contributed by atoms with Gasteiger partial charge in [0.2, 0.25) is 0 Å². The van der Waals surface area contributed by atoms with Crippen molar-refractivity contribution in [3.8, 4) is 0 Å². The van der Waals surface area contributed by atoms with Gasteiger partial charge in [-0.1, -0.05) is 158 Å². The van der Waals surface area contributed by atoms with Crippen LogP contribution in [-0.2, 0) is 12.8 Å². The van der Waals surface area contributed by atoms with Crippen molar-refractivity contribution in [1.29, 1.82) is 0 Å². The van der Waals surface area contributed by atoms with Gasteiger partial charge >= 0.3 is 0 Å². The van der Waals surface area contributed by atoms with Gasteiger partial charge in [-0.05, 0) is 90.2 Å². The summed E-state index contributed by atoms with van der Waals surface area (Å²) < 4.78 is 0. The highest BCUT2D eigenvalue weighted by Gasteiger charge is 1.97. The first-order valence-corrected chi connectivity index (χ1v) is 17.6. The third-order valence-electron chi connectivity index (χ3n) is 6.15. The van der Waals surface area contributed by atoms with E-state index in [0.717, 1.165) is 41.4 Å². The van der Waals surface area contributed by atoms with Crippen molar-refractivity contribution < 1.29 is 0 Å². The Morgan fingerprint density at radius 2 is 0.775 bits per heavy atom. The number of thioether (sulfide) groups is 1. The minimum absolute atomic E-state index is 0.766. The number of hydrogen-bond donors (Lipinski definition) is 0. The third kappa shape index (κ3) is 38.9. The molecule has 0 fully saturated rings. The van der Waals surface area contributed by atoms with E-state index in [4.69, 9.17) is 0 Å². The summed E-state index contributed by atoms with van der Waals surface area (Å²) in [6.45, 7) is 31.5. The van der Waals surface area contributed by atoms with Gasteiger partial charge in [-0.2, -0.15) is 11.8 Å². The Bertz CT molecular complexity index is 653. The highest BCUT2D eigenvalue weighted by molar-refractivity contribution is 7.98. The van der Waals surface area contributed by atoms with E-state index < -0.39 is 0 Å². The average Bonchev–Trinajstić information content (AvgIpc) is 2.84. The van der Waals surface area contributed by atoms with Crippen LogP contribution < -0.4 is 0 Å². The van der Waals surface area contributed by atoms with Crippen LogP contribution in [0.15, 0.2) is 60.7 Å². The summed E-state index contributed by atoms with van der Waals surface area (Å²) in [4.78, 5) is 0. The van der Waals surface area contributed by atoms with Gasteiger partial charge in [0, 0.05) is 0 Å². The van der Waals surface area contributed by atoms with Gasteiger partial charge in [0.1, 0.15) is 0 Å². The van der Waals surface area contributed by atoms with Crippen molar-refractivity contribution in [3.63, 3.8) is 0 Å². The zero-order valence-corrected chi connectivity index (χ0v) is 30.6. The molecule has 0 nitrogen and oxygen atoms in total. The number of rotatable bonds is 10. The normalized spacial score (nSPS) is 10.6. The topological polar surface area (TPSA) is 0 Å². The lowest BCUT2D eigenvalue weighted by Crippen LogP contribution is -1.95. The fourth-order valence-corrected chi connectivity index (χ4v) is 4.17. The fourth-order valence-electron chi connectivity index (χ4n) is 3.47. The molecule has 0 N–H and O–H groups in total. The van der Waals surface area contributed by atoms with E-state index in [9.17, 15) is 0 Å². The molecule has 40 heavy (non-hydrogen) atoms. The fraction of sp³-hybridized carbons (Fsp3) is 0.692. The van der Waals surface area contributed by atoms with Crippen LogP contribution in [0.1, 0.15) is 121 Å². The van der Waals surface area contributed by atoms with Crippen molar-refractivity contribution in [2.45, 2.75) is 123 Å². The maximum atomic E-state index is 2.26. The van der Waals surface area contributed by atoms with Gasteiger partial charge in [0.05, 0.1) is 0 Å². The predicted octanol–water partition coefficient (Wildman–Crippen LogP) is 13.2. The third-order valence-corrected chi connectivity index (χ3v) is 6.79. The molecule has 2 rings (SSSR count). The van der Waals surface area contributed by atoms with Crippen LogP contribution in [-0.4, -0.2) is 12.0 Å². The summed E-state index contributed by atoms with van der Waals surface area (Å²) in [6, 6.07) is 21.2. The molecule has 0 aromatic heterocycles. The Morgan fingerprint density at radius 3 is 0.925 bits per heavy atom. The monoisotopic (exact) mass is 573 g/mol. The van der Waals surface area contributed by atoms with Crippen LogP contribution in [0.2, 0.25) is 0 Å². The number of benzene rings is 2. The van der Waals surface area contributed by atoms with Crippen LogP contribution in [0.4, 0.5) is 0 Å². The SMILES string of the molecule is CC(C)C(C)C.CC(C)CC(C)C.CC(C)Cc1ccccc1.CC(C)Cc1ccccc1.CSCCC(C)C. The van der Waals surface area contributed by atoms with E-state index in [0.29, 0.717) is 0 Å². The van der Waals surface area contributed by atoms with Crippen molar-refractivity contribution in [2.75, 3.05) is 12.0 Å². The molecule has 0 heterocycles. The first-order chi connectivity index (χ1) is 18.6. The van der Waals surface area contributed by atoms with Crippen molar-refractivity contribution >= 4 is 11.8 Å². The lowest BCUT2D eigenvalue weighted by molar-refractivity contribution is 0.457. The van der Waals surface area contributed by atoms with Gasteiger partial charge in [0.25, 0.3) is 0 Å². The Balaban J connectivity index is -0.000000436. The molecule has 0 aliphatic rings.